The minimum atomic E-state index is -0.949. The number of hydrogen-bond acceptors (Lipinski definition) is 2. The van der Waals surface area contributed by atoms with Crippen molar-refractivity contribution in [2.45, 2.75) is 10.8 Å². The van der Waals surface area contributed by atoms with Gasteiger partial charge in [0.05, 0.1) is 0 Å². The summed E-state index contributed by atoms with van der Waals surface area (Å²) in [6, 6.07) is 15.4. The van der Waals surface area contributed by atoms with Crippen molar-refractivity contribution in [2.75, 3.05) is 6.79 Å². The Morgan fingerprint density at radius 1 is 0.947 bits per heavy atom. The second kappa shape index (κ2) is 4.95. The van der Waals surface area contributed by atoms with E-state index >= 15 is 0 Å². The van der Waals surface area contributed by atoms with Crippen LogP contribution in [0.4, 0.5) is 0 Å². The number of benzene rings is 2. The first kappa shape index (κ1) is 12.6. The molecule has 0 saturated carbocycles. The lowest BCUT2D eigenvalue weighted by Gasteiger charge is -2.20. The van der Waals surface area contributed by atoms with E-state index < -0.39 is 4.33 Å². The van der Waals surface area contributed by atoms with Crippen molar-refractivity contribution in [3.8, 4) is 11.5 Å². The fraction of sp³-hybridized carbons (Fsp3) is 0.200. The molecule has 0 radical (unpaired) electrons. The molecule has 2 aromatic carbocycles. The summed E-state index contributed by atoms with van der Waals surface area (Å²) in [6.45, 7) is 0.268. The number of halogens is 2. The van der Waals surface area contributed by atoms with Crippen LogP contribution in [0.5, 0.6) is 11.5 Å². The van der Waals surface area contributed by atoms with Crippen LogP contribution in [0.3, 0.4) is 0 Å². The second-order valence-corrected chi connectivity index (χ2v) is 5.92. The molecule has 4 heteroatoms. The highest BCUT2D eigenvalue weighted by atomic mass is 35.5. The summed E-state index contributed by atoms with van der Waals surface area (Å²) >= 11 is 12.9. The number of fused-ring (bicyclic) bond motifs is 1. The van der Waals surface area contributed by atoms with E-state index in [9.17, 15) is 0 Å². The van der Waals surface area contributed by atoms with Gasteiger partial charge in [0.2, 0.25) is 6.79 Å². The lowest BCUT2D eigenvalue weighted by atomic mass is 10.0. The predicted molar refractivity (Wildman–Crippen MR) is 76.1 cm³/mol. The van der Waals surface area contributed by atoms with E-state index in [1.165, 1.54) is 0 Å². The third-order valence-electron chi connectivity index (χ3n) is 3.06. The molecule has 1 heterocycles. The maximum atomic E-state index is 6.44. The molecule has 0 amide bonds. The van der Waals surface area contributed by atoms with E-state index in [0.29, 0.717) is 6.42 Å². The maximum absolute atomic E-state index is 6.44. The van der Waals surface area contributed by atoms with E-state index in [0.717, 1.165) is 22.6 Å². The standard InChI is InChI=1S/C15H12Cl2O2/c16-15(17,12-4-2-1-3-5-12)9-11-6-7-13-14(8-11)19-10-18-13/h1-8H,9-10H2. The molecule has 19 heavy (non-hydrogen) atoms. The quantitative estimate of drug-likeness (QED) is 0.786. The summed E-state index contributed by atoms with van der Waals surface area (Å²) in [6.07, 6.45) is 0.511. The lowest BCUT2D eigenvalue weighted by Crippen LogP contribution is -2.13. The minimum Gasteiger partial charge on any atom is -0.454 e. The van der Waals surface area contributed by atoms with E-state index in [2.05, 4.69) is 0 Å². The van der Waals surface area contributed by atoms with Gasteiger partial charge in [-0.15, -0.1) is 0 Å². The van der Waals surface area contributed by atoms with Gasteiger partial charge in [-0.05, 0) is 23.3 Å². The summed E-state index contributed by atoms with van der Waals surface area (Å²) < 4.78 is 9.68. The van der Waals surface area contributed by atoms with Crippen molar-refractivity contribution in [2.24, 2.45) is 0 Å². The van der Waals surface area contributed by atoms with Gasteiger partial charge in [0.1, 0.15) is 4.33 Å². The van der Waals surface area contributed by atoms with Crippen LogP contribution in [0.2, 0.25) is 0 Å². The first-order valence-electron chi connectivity index (χ1n) is 5.97. The molecule has 0 saturated heterocycles. The molecule has 1 aliphatic heterocycles. The Hall–Kier alpha value is -1.38. The fourth-order valence-electron chi connectivity index (χ4n) is 2.09. The Morgan fingerprint density at radius 2 is 1.68 bits per heavy atom. The predicted octanol–water partition coefficient (Wildman–Crippen LogP) is 4.29. The third-order valence-corrected chi connectivity index (χ3v) is 3.76. The van der Waals surface area contributed by atoms with Gasteiger partial charge in [0.25, 0.3) is 0 Å². The van der Waals surface area contributed by atoms with Gasteiger partial charge in [0.15, 0.2) is 11.5 Å². The molecule has 0 aromatic heterocycles. The summed E-state index contributed by atoms with van der Waals surface area (Å²) in [7, 11) is 0. The first-order valence-corrected chi connectivity index (χ1v) is 6.73. The van der Waals surface area contributed by atoms with Crippen LogP contribution in [0.25, 0.3) is 0 Å². The molecule has 3 rings (SSSR count). The molecule has 1 aliphatic rings. The summed E-state index contributed by atoms with van der Waals surface area (Å²) in [4.78, 5) is 0. The molecule has 0 atom stereocenters. The zero-order chi connectivity index (χ0) is 13.3. The van der Waals surface area contributed by atoms with Crippen LogP contribution < -0.4 is 9.47 Å². The number of ether oxygens (including phenoxy) is 2. The van der Waals surface area contributed by atoms with Crippen LogP contribution in [0.1, 0.15) is 11.1 Å². The molecule has 98 valence electrons. The molecule has 0 aliphatic carbocycles. The lowest BCUT2D eigenvalue weighted by molar-refractivity contribution is 0.174. The molecular weight excluding hydrogens is 283 g/mol. The van der Waals surface area contributed by atoms with Crippen molar-refractivity contribution >= 4 is 23.2 Å². The Morgan fingerprint density at radius 3 is 2.47 bits per heavy atom. The largest absolute Gasteiger partial charge is 0.454 e. The number of alkyl halides is 2. The van der Waals surface area contributed by atoms with Gasteiger partial charge < -0.3 is 9.47 Å². The Kier molecular flexibility index (Phi) is 3.29. The zero-order valence-electron chi connectivity index (χ0n) is 10.1. The SMILES string of the molecule is ClC(Cl)(Cc1ccc2c(c1)OCO2)c1ccccc1. The summed E-state index contributed by atoms with van der Waals surface area (Å²) in [5, 5.41) is 0. The van der Waals surface area contributed by atoms with Crippen molar-refractivity contribution in [1.29, 1.82) is 0 Å². The molecule has 0 bridgehead atoms. The molecule has 2 aromatic rings. The minimum absolute atomic E-state index is 0.268. The Balaban J connectivity index is 1.85. The highest BCUT2D eigenvalue weighted by Crippen LogP contribution is 2.39. The monoisotopic (exact) mass is 294 g/mol. The fourth-order valence-corrected chi connectivity index (χ4v) is 2.65. The highest BCUT2D eigenvalue weighted by molar-refractivity contribution is 6.48. The average Bonchev–Trinajstić information content (AvgIpc) is 2.87. The van der Waals surface area contributed by atoms with Crippen molar-refractivity contribution in [1.82, 2.24) is 0 Å². The Labute approximate surface area is 121 Å². The summed E-state index contributed by atoms with van der Waals surface area (Å²) in [5.41, 5.74) is 1.90. The number of rotatable bonds is 3. The van der Waals surface area contributed by atoms with E-state index in [1.807, 2.05) is 48.5 Å². The van der Waals surface area contributed by atoms with Gasteiger partial charge >= 0.3 is 0 Å². The zero-order valence-corrected chi connectivity index (χ0v) is 11.6. The van der Waals surface area contributed by atoms with Crippen LogP contribution in [-0.4, -0.2) is 6.79 Å². The van der Waals surface area contributed by atoms with Crippen LogP contribution in [-0.2, 0) is 10.8 Å². The van der Waals surface area contributed by atoms with Gasteiger partial charge in [-0.25, -0.2) is 0 Å². The van der Waals surface area contributed by atoms with Crippen LogP contribution >= 0.6 is 23.2 Å². The van der Waals surface area contributed by atoms with Crippen molar-refractivity contribution < 1.29 is 9.47 Å². The van der Waals surface area contributed by atoms with Gasteiger partial charge in [-0.1, -0.05) is 59.6 Å². The smallest absolute Gasteiger partial charge is 0.231 e. The molecule has 0 spiro atoms. The topological polar surface area (TPSA) is 18.5 Å². The van der Waals surface area contributed by atoms with E-state index in [1.54, 1.807) is 0 Å². The normalized spacial score (nSPS) is 13.6. The highest BCUT2D eigenvalue weighted by Gasteiger charge is 2.27. The second-order valence-electron chi connectivity index (χ2n) is 4.43. The molecule has 0 unspecified atom stereocenters. The van der Waals surface area contributed by atoms with Gasteiger partial charge in [-0.3, -0.25) is 0 Å². The number of hydrogen-bond donors (Lipinski definition) is 0. The Bertz CT molecular complexity index is 582. The average molecular weight is 295 g/mol. The molecular formula is C15H12Cl2O2. The molecule has 2 nitrogen and oxygen atoms in total. The van der Waals surface area contributed by atoms with Gasteiger partial charge in [-0.2, -0.15) is 0 Å². The maximum Gasteiger partial charge on any atom is 0.231 e. The van der Waals surface area contributed by atoms with E-state index in [-0.39, 0.29) is 6.79 Å². The third kappa shape index (κ3) is 2.65. The summed E-state index contributed by atoms with van der Waals surface area (Å²) in [5.74, 6) is 1.51. The van der Waals surface area contributed by atoms with Crippen LogP contribution in [0.15, 0.2) is 48.5 Å². The van der Waals surface area contributed by atoms with E-state index in [4.69, 9.17) is 32.7 Å². The molecule has 0 N–H and O–H groups in total. The van der Waals surface area contributed by atoms with Crippen molar-refractivity contribution in [3.05, 3.63) is 59.7 Å². The van der Waals surface area contributed by atoms with Crippen molar-refractivity contribution in [3.63, 3.8) is 0 Å². The first-order chi connectivity index (χ1) is 9.15. The molecule has 0 fully saturated rings. The van der Waals surface area contributed by atoms with Crippen LogP contribution in [0, 0.1) is 0 Å². The van der Waals surface area contributed by atoms with Gasteiger partial charge in [0, 0.05) is 6.42 Å².